The molecule has 0 aromatic heterocycles. The van der Waals surface area contributed by atoms with Crippen LogP contribution in [0.2, 0.25) is 0 Å². The zero-order valence-electron chi connectivity index (χ0n) is 19.2. The van der Waals surface area contributed by atoms with Crippen molar-refractivity contribution in [3.05, 3.63) is 0 Å². The molecule has 0 bridgehead atoms. The van der Waals surface area contributed by atoms with Crippen LogP contribution in [0.4, 0.5) is 0 Å². The van der Waals surface area contributed by atoms with Gasteiger partial charge in [0.15, 0.2) is 17.6 Å². The number of phosphoric acid groups is 1. The van der Waals surface area contributed by atoms with E-state index in [4.69, 9.17) is 19.3 Å². The number of ether oxygens (including phenoxy) is 2. The summed E-state index contributed by atoms with van der Waals surface area (Å²) in [7, 11) is -5.41. The fourth-order valence-electron chi connectivity index (χ4n) is 4.57. The van der Waals surface area contributed by atoms with Crippen molar-refractivity contribution >= 4 is 19.6 Å². The molecule has 210 valence electrons. The van der Waals surface area contributed by atoms with Gasteiger partial charge < -0.3 is 70.7 Å². The summed E-state index contributed by atoms with van der Waals surface area (Å²) in [4.78, 5) is 41.9. The second-order valence-electron chi connectivity index (χ2n) is 8.67. The number of rotatable bonds is 7. The summed E-state index contributed by atoms with van der Waals surface area (Å²) in [5, 5.41) is 89.4. The van der Waals surface area contributed by atoms with Gasteiger partial charge in [-0.3, -0.25) is 14.1 Å². The summed E-state index contributed by atoms with van der Waals surface area (Å²) in [5.74, 6) is -8.67. The molecule has 19 heteroatoms. The maximum Gasteiger partial charge on any atom is 0.472 e. The molecule has 0 spiro atoms. The summed E-state index contributed by atoms with van der Waals surface area (Å²) in [6.07, 6.45) is -16.2. The van der Waals surface area contributed by atoms with Crippen molar-refractivity contribution in [3.63, 3.8) is 0 Å². The lowest BCUT2D eigenvalue weighted by atomic mass is 9.66. The maximum absolute atomic E-state index is 12.2. The molecule has 0 radical (unpaired) electrons. The van der Waals surface area contributed by atoms with Crippen molar-refractivity contribution in [1.82, 2.24) is 10.6 Å². The first-order valence-electron chi connectivity index (χ1n) is 10.4. The van der Waals surface area contributed by atoms with Crippen molar-refractivity contribution in [2.45, 2.75) is 86.8 Å². The van der Waals surface area contributed by atoms with Crippen LogP contribution in [0.1, 0.15) is 20.8 Å². The molecule has 0 saturated carbocycles. The Hall–Kier alpha value is -1.35. The molecule has 1 unspecified atom stereocenters. The number of phosphoric ester groups is 1. The molecule has 0 aliphatic carbocycles. The monoisotopic (exact) mass is 550 g/mol. The maximum atomic E-state index is 12.2. The van der Waals surface area contributed by atoms with Gasteiger partial charge in [0.05, 0.1) is 6.61 Å². The minimum atomic E-state index is -5.41. The van der Waals surface area contributed by atoms with Gasteiger partial charge in [-0.1, -0.05) is 0 Å². The highest BCUT2D eigenvalue weighted by Crippen LogP contribution is 2.50. The molecule has 0 aromatic rings. The number of amides is 2. The number of aliphatic hydroxyl groups excluding tert-OH is 6. The molecule has 11 atom stereocenters. The van der Waals surface area contributed by atoms with Crippen LogP contribution in [0.5, 0.6) is 0 Å². The summed E-state index contributed by atoms with van der Waals surface area (Å²) in [6, 6.07) is -2.19. The van der Waals surface area contributed by atoms with E-state index in [1.165, 1.54) is 0 Å². The Kier molecular flexibility index (Phi) is 8.94. The SMILES string of the molecule is CC(=O)N[C@@H]1[C@@H](O)[C@H](O)[C@@H](CO)O[C@@]1(O)[C@@]1(NC(C)=O)[C@@H](O)[C@H](O)[C@@H](C(O)OP(=O)(O)O)O[C@]1(C)O. The first-order valence-corrected chi connectivity index (χ1v) is 11.9. The molecular formula is C17H31N2O16P. The first kappa shape index (κ1) is 30.9. The largest absolute Gasteiger partial charge is 0.472 e. The van der Waals surface area contributed by atoms with E-state index in [2.05, 4.69) is 4.52 Å². The van der Waals surface area contributed by atoms with Crippen LogP contribution in [-0.4, -0.2) is 135 Å². The number of hydrogen-bond acceptors (Lipinski definition) is 14. The Morgan fingerprint density at radius 3 is 2.03 bits per heavy atom. The van der Waals surface area contributed by atoms with E-state index >= 15 is 0 Å². The van der Waals surface area contributed by atoms with Crippen LogP contribution < -0.4 is 10.6 Å². The lowest BCUT2D eigenvalue weighted by Gasteiger charge is -2.63. The van der Waals surface area contributed by atoms with E-state index in [1.807, 2.05) is 10.6 Å². The van der Waals surface area contributed by atoms with Gasteiger partial charge in [-0.05, 0) is 6.92 Å². The van der Waals surface area contributed by atoms with Crippen LogP contribution in [0.3, 0.4) is 0 Å². The minimum absolute atomic E-state index is 0.659. The van der Waals surface area contributed by atoms with E-state index < -0.39 is 92.3 Å². The second kappa shape index (κ2) is 10.4. The van der Waals surface area contributed by atoms with E-state index in [0.29, 0.717) is 6.92 Å². The third-order valence-corrected chi connectivity index (χ3v) is 6.52. The summed E-state index contributed by atoms with van der Waals surface area (Å²) < 4.78 is 25.6. The summed E-state index contributed by atoms with van der Waals surface area (Å²) in [5.41, 5.74) is -3.20. The van der Waals surface area contributed by atoms with Crippen LogP contribution in [-0.2, 0) is 28.2 Å². The van der Waals surface area contributed by atoms with Gasteiger partial charge in [-0.25, -0.2) is 4.57 Å². The minimum Gasteiger partial charge on any atom is -0.394 e. The average molecular weight is 550 g/mol. The molecule has 12 N–H and O–H groups in total. The fraction of sp³-hybridized carbons (Fsp3) is 0.882. The highest BCUT2D eigenvalue weighted by molar-refractivity contribution is 7.46. The van der Waals surface area contributed by atoms with E-state index in [1.54, 1.807) is 0 Å². The van der Waals surface area contributed by atoms with Gasteiger partial charge in [-0.2, -0.15) is 0 Å². The third-order valence-electron chi connectivity index (χ3n) is 6.03. The molecule has 2 aliphatic rings. The standard InChI is InChI=1S/C17H31N2O16P/c1-5(21)18-12-9(24)8(23)7(4-20)33-17(12,29)16(19-6(2)22)13(26)10(25)11(34-15(16,3)28)14(27)35-36(30,31)32/h7-14,20,23-29H,4H2,1-3H3,(H,18,21)(H,19,22)(H2,30,31,32)/t7-,8-,9+,10-,11+,12-,13+,14?,15+,16-,17-/m1/s1. The Bertz CT molecular complexity index is 885. The average Bonchev–Trinajstić information content (AvgIpc) is 2.72. The predicted molar refractivity (Wildman–Crippen MR) is 110 cm³/mol. The lowest BCUT2D eigenvalue weighted by molar-refractivity contribution is -0.440. The molecule has 2 aliphatic heterocycles. The zero-order chi connectivity index (χ0) is 28.0. The van der Waals surface area contributed by atoms with Crippen molar-refractivity contribution in [2.75, 3.05) is 6.61 Å². The first-order chi connectivity index (χ1) is 16.3. The molecule has 2 fully saturated rings. The number of nitrogens with one attached hydrogen (secondary N) is 2. The van der Waals surface area contributed by atoms with E-state index in [9.17, 15) is 55.0 Å². The molecule has 2 saturated heterocycles. The van der Waals surface area contributed by atoms with Crippen molar-refractivity contribution in [1.29, 1.82) is 0 Å². The van der Waals surface area contributed by atoms with Gasteiger partial charge in [0.2, 0.25) is 17.6 Å². The Balaban J connectivity index is 2.76. The normalized spacial score (nSPS) is 44.5. The third kappa shape index (κ3) is 5.29. The molecule has 18 nitrogen and oxygen atoms in total. The second-order valence-corrected chi connectivity index (χ2v) is 9.86. The molecular weight excluding hydrogens is 519 g/mol. The van der Waals surface area contributed by atoms with Crippen LogP contribution >= 0.6 is 7.82 Å². The van der Waals surface area contributed by atoms with Crippen LogP contribution in [0, 0.1) is 0 Å². The van der Waals surface area contributed by atoms with Gasteiger partial charge >= 0.3 is 7.82 Å². The van der Waals surface area contributed by atoms with E-state index in [0.717, 1.165) is 13.8 Å². The van der Waals surface area contributed by atoms with Crippen molar-refractivity contribution < 1.29 is 78.8 Å². The van der Waals surface area contributed by atoms with Crippen molar-refractivity contribution in [3.8, 4) is 0 Å². The molecule has 2 rings (SSSR count). The number of carbonyl (C=O) groups is 2. The van der Waals surface area contributed by atoms with Gasteiger partial charge in [0.25, 0.3) is 0 Å². The van der Waals surface area contributed by atoms with Crippen LogP contribution in [0.25, 0.3) is 0 Å². The quantitative estimate of drug-likeness (QED) is 0.104. The van der Waals surface area contributed by atoms with Gasteiger partial charge in [0.1, 0.15) is 42.7 Å². The molecule has 2 heterocycles. The highest BCUT2D eigenvalue weighted by Gasteiger charge is 2.77. The van der Waals surface area contributed by atoms with Gasteiger partial charge in [-0.15, -0.1) is 0 Å². The Morgan fingerprint density at radius 2 is 1.58 bits per heavy atom. The van der Waals surface area contributed by atoms with Gasteiger partial charge in [0, 0.05) is 13.8 Å². The number of aliphatic hydroxyl groups is 8. The Labute approximate surface area is 203 Å². The lowest BCUT2D eigenvalue weighted by Crippen LogP contribution is -2.91. The number of carbonyl (C=O) groups excluding carboxylic acids is 2. The van der Waals surface area contributed by atoms with Crippen LogP contribution in [0.15, 0.2) is 0 Å². The zero-order valence-corrected chi connectivity index (χ0v) is 20.1. The molecule has 0 aromatic carbocycles. The summed E-state index contributed by atoms with van der Waals surface area (Å²) in [6.45, 7) is 1.31. The Morgan fingerprint density at radius 1 is 1.03 bits per heavy atom. The topological polar surface area (TPSA) is 305 Å². The fourth-order valence-corrected chi connectivity index (χ4v) is 4.98. The summed E-state index contributed by atoms with van der Waals surface area (Å²) >= 11 is 0. The highest BCUT2D eigenvalue weighted by atomic mass is 31.2. The predicted octanol–water partition coefficient (Wildman–Crippen LogP) is -6.58. The van der Waals surface area contributed by atoms with E-state index in [-0.39, 0.29) is 0 Å². The smallest absolute Gasteiger partial charge is 0.394 e. The van der Waals surface area contributed by atoms with Crippen molar-refractivity contribution in [2.24, 2.45) is 0 Å². The molecule has 2 amide bonds. The number of hydrogen-bond donors (Lipinski definition) is 12. The molecule has 36 heavy (non-hydrogen) atoms.